The Labute approximate surface area is 110 Å². The summed E-state index contributed by atoms with van der Waals surface area (Å²) in [4.78, 5) is 2.30. The lowest BCUT2D eigenvalue weighted by atomic mass is 10.1. The topological polar surface area (TPSA) is 36.3 Å². The van der Waals surface area contributed by atoms with Crippen LogP contribution in [0.2, 0.25) is 0 Å². The second-order valence-electron chi connectivity index (χ2n) is 4.44. The number of hydrogen-bond donors (Lipinski definition) is 0. The molecule has 4 heteroatoms. The average molecular weight is 295 g/mol. The van der Waals surface area contributed by atoms with Crippen molar-refractivity contribution >= 4 is 21.6 Å². The highest BCUT2D eigenvalue weighted by Crippen LogP contribution is 2.29. The third kappa shape index (κ3) is 2.80. The largest absolute Gasteiger partial charge is 0.372 e. The number of rotatable bonds is 1. The molecule has 3 nitrogen and oxygen atoms in total. The van der Waals surface area contributed by atoms with E-state index in [1.807, 2.05) is 18.2 Å². The van der Waals surface area contributed by atoms with Crippen molar-refractivity contribution in [2.24, 2.45) is 0 Å². The quantitative estimate of drug-likeness (QED) is 0.799. The summed E-state index contributed by atoms with van der Waals surface area (Å²) in [6.45, 7) is 5.93. The van der Waals surface area contributed by atoms with Crippen molar-refractivity contribution in [3.63, 3.8) is 0 Å². The number of ether oxygens (including phenoxy) is 1. The monoisotopic (exact) mass is 294 g/mol. The highest BCUT2D eigenvalue weighted by Gasteiger charge is 2.23. The molecule has 0 bridgehead atoms. The van der Waals surface area contributed by atoms with Gasteiger partial charge in [-0.15, -0.1) is 0 Å². The highest BCUT2D eigenvalue weighted by atomic mass is 79.9. The summed E-state index contributed by atoms with van der Waals surface area (Å²) in [5, 5.41) is 8.84. The molecular formula is C13H15BrN2O. The van der Waals surface area contributed by atoms with Crippen LogP contribution in [-0.2, 0) is 4.74 Å². The second-order valence-corrected chi connectivity index (χ2v) is 5.29. The molecule has 1 heterocycles. The second kappa shape index (κ2) is 5.07. The summed E-state index contributed by atoms with van der Waals surface area (Å²) in [5.74, 6) is 0. The van der Waals surface area contributed by atoms with Crippen LogP contribution in [0.3, 0.4) is 0 Å². The zero-order valence-electron chi connectivity index (χ0n) is 9.98. The Hall–Kier alpha value is -1.05. The molecule has 2 rings (SSSR count). The summed E-state index contributed by atoms with van der Waals surface area (Å²) >= 11 is 3.53. The van der Waals surface area contributed by atoms with Gasteiger partial charge in [0.1, 0.15) is 0 Å². The number of benzene rings is 1. The fraction of sp³-hybridized carbons (Fsp3) is 0.462. The summed E-state index contributed by atoms with van der Waals surface area (Å²) in [7, 11) is 0. The van der Waals surface area contributed by atoms with Crippen molar-refractivity contribution in [3.05, 3.63) is 28.2 Å². The minimum atomic E-state index is 0.237. The molecule has 17 heavy (non-hydrogen) atoms. The standard InChI is InChI=1S/C13H15BrN2O/c1-9-7-16(8-10(2)17-9)13-4-3-11(6-15)5-12(13)14/h3-5,9-10H,7-8H2,1-2H3/t9-,10+. The minimum Gasteiger partial charge on any atom is -0.372 e. The molecule has 1 aromatic carbocycles. The van der Waals surface area contributed by atoms with Gasteiger partial charge in [0.05, 0.1) is 29.5 Å². The molecule has 1 saturated heterocycles. The Morgan fingerprint density at radius 1 is 1.35 bits per heavy atom. The maximum atomic E-state index is 8.84. The fourth-order valence-electron chi connectivity index (χ4n) is 2.21. The Balaban J connectivity index is 2.25. The van der Waals surface area contributed by atoms with Crippen molar-refractivity contribution in [3.8, 4) is 6.07 Å². The van der Waals surface area contributed by atoms with E-state index < -0.39 is 0 Å². The Bertz CT molecular complexity index is 445. The smallest absolute Gasteiger partial charge is 0.0992 e. The van der Waals surface area contributed by atoms with Crippen LogP contribution in [0.5, 0.6) is 0 Å². The number of nitrogens with zero attached hydrogens (tertiary/aromatic N) is 2. The molecule has 0 spiro atoms. The van der Waals surface area contributed by atoms with Gasteiger partial charge in [-0.1, -0.05) is 0 Å². The average Bonchev–Trinajstić information content (AvgIpc) is 2.27. The van der Waals surface area contributed by atoms with Crippen LogP contribution in [0, 0.1) is 11.3 Å². The first-order valence-corrected chi connectivity index (χ1v) is 6.49. The van der Waals surface area contributed by atoms with E-state index in [4.69, 9.17) is 10.00 Å². The summed E-state index contributed by atoms with van der Waals surface area (Å²) in [5.41, 5.74) is 1.81. The predicted octanol–water partition coefficient (Wildman–Crippen LogP) is 2.93. The van der Waals surface area contributed by atoms with Gasteiger partial charge in [0.15, 0.2) is 0 Å². The molecule has 1 fully saturated rings. The molecule has 0 N–H and O–H groups in total. The normalized spacial score (nSPS) is 24.5. The Morgan fingerprint density at radius 2 is 2.00 bits per heavy atom. The van der Waals surface area contributed by atoms with E-state index in [1.165, 1.54) is 0 Å². The van der Waals surface area contributed by atoms with Gasteiger partial charge < -0.3 is 9.64 Å². The Morgan fingerprint density at radius 3 is 2.53 bits per heavy atom. The number of anilines is 1. The van der Waals surface area contributed by atoms with Gasteiger partial charge in [0.2, 0.25) is 0 Å². The van der Waals surface area contributed by atoms with Crippen molar-refractivity contribution in [2.75, 3.05) is 18.0 Å². The van der Waals surface area contributed by atoms with Crippen molar-refractivity contribution in [1.82, 2.24) is 0 Å². The summed E-state index contributed by atoms with van der Waals surface area (Å²) in [6.07, 6.45) is 0.475. The summed E-state index contributed by atoms with van der Waals surface area (Å²) in [6, 6.07) is 7.85. The van der Waals surface area contributed by atoms with Crippen LogP contribution in [0.25, 0.3) is 0 Å². The maximum absolute atomic E-state index is 8.84. The minimum absolute atomic E-state index is 0.237. The molecule has 0 radical (unpaired) electrons. The lowest BCUT2D eigenvalue weighted by Crippen LogP contribution is -2.45. The van der Waals surface area contributed by atoms with Gasteiger partial charge in [0, 0.05) is 17.6 Å². The molecule has 1 aromatic rings. The Kier molecular flexibility index (Phi) is 3.70. The molecule has 0 aliphatic carbocycles. The van der Waals surface area contributed by atoms with E-state index in [1.54, 1.807) is 0 Å². The van der Waals surface area contributed by atoms with E-state index in [0.29, 0.717) is 5.56 Å². The molecule has 90 valence electrons. The van der Waals surface area contributed by atoms with Crippen molar-refractivity contribution < 1.29 is 4.74 Å². The predicted molar refractivity (Wildman–Crippen MR) is 71.1 cm³/mol. The van der Waals surface area contributed by atoms with E-state index in [0.717, 1.165) is 23.2 Å². The third-order valence-electron chi connectivity index (χ3n) is 2.84. The van der Waals surface area contributed by atoms with E-state index in [2.05, 4.69) is 40.7 Å². The van der Waals surface area contributed by atoms with Crippen molar-refractivity contribution in [1.29, 1.82) is 5.26 Å². The maximum Gasteiger partial charge on any atom is 0.0992 e. The zero-order chi connectivity index (χ0) is 12.4. The molecule has 1 aliphatic heterocycles. The zero-order valence-corrected chi connectivity index (χ0v) is 11.6. The van der Waals surface area contributed by atoms with Gasteiger partial charge in [-0.05, 0) is 48.0 Å². The molecule has 0 saturated carbocycles. The SMILES string of the molecule is C[C@@H]1CN(c2ccc(C#N)cc2Br)C[C@H](C)O1. The lowest BCUT2D eigenvalue weighted by Gasteiger charge is -2.37. The molecule has 0 amide bonds. The number of hydrogen-bond acceptors (Lipinski definition) is 3. The van der Waals surface area contributed by atoms with E-state index in [-0.39, 0.29) is 12.2 Å². The van der Waals surface area contributed by atoms with E-state index in [9.17, 15) is 0 Å². The van der Waals surface area contributed by atoms with Crippen LogP contribution in [-0.4, -0.2) is 25.3 Å². The van der Waals surface area contributed by atoms with Gasteiger partial charge in [-0.3, -0.25) is 0 Å². The van der Waals surface area contributed by atoms with Crippen LogP contribution in [0.1, 0.15) is 19.4 Å². The first-order chi connectivity index (χ1) is 8.10. The van der Waals surface area contributed by atoms with Crippen LogP contribution >= 0.6 is 15.9 Å². The van der Waals surface area contributed by atoms with Crippen LogP contribution < -0.4 is 4.90 Å². The number of morpholine rings is 1. The molecule has 2 atom stereocenters. The van der Waals surface area contributed by atoms with E-state index >= 15 is 0 Å². The molecule has 0 unspecified atom stereocenters. The molecular weight excluding hydrogens is 280 g/mol. The highest BCUT2D eigenvalue weighted by molar-refractivity contribution is 9.10. The molecule has 1 aliphatic rings. The molecule has 0 aromatic heterocycles. The van der Waals surface area contributed by atoms with Crippen LogP contribution in [0.4, 0.5) is 5.69 Å². The van der Waals surface area contributed by atoms with Gasteiger partial charge >= 0.3 is 0 Å². The number of nitriles is 1. The number of halogens is 1. The van der Waals surface area contributed by atoms with Gasteiger partial charge in [-0.25, -0.2) is 0 Å². The van der Waals surface area contributed by atoms with Gasteiger partial charge in [0.25, 0.3) is 0 Å². The lowest BCUT2D eigenvalue weighted by molar-refractivity contribution is -0.00525. The summed E-state index contributed by atoms with van der Waals surface area (Å²) < 4.78 is 6.68. The van der Waals surface area contributed by atoms with Crippen molar-refractivity contribution in [2.45, 2.75) is 26.1 Å². The first kappa shape index (κ1) is 12.4. The third-order valence-corrected chi connectivity index (χ3v) is 3.47. The van der Waals surface area contributed by atoms with Gasteiger partial charge in [-0.2, -0.15) is 5.26 Å². The fourth-order valence-corrected chi connectivity index (χ4v) is 2.84. The van der Waals surface area contributed by atoms with Crippen LogP contribution in [0.15, 0.2) is 22.7 Å². The first-order valence-electron chi connectivity index (χ1n) is 5.70.